The van der Waals surface area contributed by atoms with Crippen LogP contribution in [0.4, 0.5) is 11.6 Å². The van der Waals surface area contributed by atoms with Crippen molar-refractivity contribution in [2.75, 3.05) is 44.0 Å². The van der Waals surface area contributed by atoms with Gasteiger partial charge < -0.3 is 20.4 Å². The van der Waals surface area contributed by atoms with Gasteiger partial charge in [0.2, 0.25) is 0 Å². The Bertz CT molecular complexity index is 413. The Morgan fingerprint density at radius 1 is 1.47 bits per heavy atom. The molecule has 2 rings (SSSR count). The fraction of sp³-hybridized carbons (Fsp3) is 0.667. The van der Waals surface area contributed by atoms with Gasteiger partial charge >= 0.3 is 0 Å². The lowest BCUT2D eigenvalue weighted by Crippen LogP contribution is -2.43. The number of hydrogen-bond donors (Lipinski definition) is 3. The molecule has 1 saturated heterocycles. The lowest BCUT2D eigenvalue weighted by molar-refractivity contribution is -0.0117. The Balaban J connectivity index is 1.99. The highest BCUT2D eigenvalue weighted by atomic mass is 16.5. The van der Waals surface area contributed by atoms with Gasteiger partial charge in [-0.05, 0) is 13.5 Å². The molecule has 0 amide bonds. The zero-order valence-electron chi connectivity index (χ0n) is 11.5. The molecule has 1 fully saturated rings. The Kier molecular flexibility index (Phi) is 4.89. The maximum atomic E-state index is 5.71. The highest BCUT2D eigenvalue weighted by Gasteiger charge is 2.18. The van der Waals surface area contributed by atoms with E-state index in [-0.39, 0.29) is 6.10 Å². The number of hydrazine groups is 1. The first-order chi connectivity index (χ1) is 9.24. The van der Waals surface area contributed by atoms with Crippen molar-refractivity contribution in [2.24, 2.45) is 5.84 Å². The molecule has 1 aromatic heterocycles. The van der Waals surface area contributed by atoms with Crippen molar-refractivity contribution in [1.82, 2.24) is 14.9 Å². The number of nitrogens with one attached hydrogen (secondary N) is 2. The third-order valence-electron chi connectivity index (χ3n) is 3.27. The van der Waals surface area contributed by atoms with Crippen LogP contribution in [0.1, 0.15) is 12.5 Å². The van der Waals surface area contributed by atoms with Gasteiger partial charge in [0.15, 0.2) is 0 Å². The summed E-state index contributed by atoms with van der Waals surface area (Å²) in [5.41, 5.74) is 3.60. The first-order valence-electron chi connectivity index (χ1n) is 6.59. The quantitative estimate of drug-likeness (QED) is 0.513. The van der Waals surface area contributed by atoms with Crippen LogP contribution in [0.3, 0.4) is 0 Å². The molecular formula is C12H22N6O. The van der Waals surface area contributed by atoms with Gasteiger partial charge in [0.1, 0.15) is 18.0 Å². The summed E-state index contributed by atoms with van der Waals surface area (Å²) < 4.78 is 5.71. The average Bonchev–Trinajstić information content (AvgIpc) is 2.44. The van der Waals surface area contributed by atoms with Gasteiger partial charge in [-0.25, -0.2) is 15.8 Å². The van der Waals surface area contributed by atoms with Gasteiger partial charge in [-0.15, -0.1) is 0 Å². The van der Waals surface area contributed by atoms with Crippen LogP contribution in [0.5, 0.6) is 0 Å². The number of hydrogen-bond acceptors (Lipinski definition) is 7. The van der Waals surface area contributed by atoms with E-state index in [4.69, 9.17) is 10.6 Å². The minimum absolute atomic E-state index is 0.188. The second-order valence-corrected chi connectivity index (χ2v) is 4.68. The van der Waals surface area contributed by atoms with Crippen LogP contribution in [-0.4, -0.2) is 54.3 Å². The van der Waals surface area contributed by atoms with Crippen molar-refractivity contribution >= 4 is 11.6 Å². The van der Waals surface area contributed by atoms with E-state index in [1.54, 1.807) is 0 Å². The zero-order valence-corrected chi connectivity index (χ0v) is 11.5. The summed E-state index contributed by atoms with van der Waals surface area (Å²) in [7, 11) is 2.11. The van der Waals surface area contributed by atoms with Gasteiger partial charge in [0.05, 0.1) is 12.7 Å². The zero-order chi connectivity index (χ0) is 13.7. The number of morpholine rings is 1. The van der Waals surface area contributed by atoms with Crippen LogP contribution < -0.4 is 16.6 Å². The van der Waals surface area contributed by atoms with Crippen LogP contribution in [0.15, 0.2) is 6.33 Å². The molecule has 0 saturated carbocycles. The second kappa shape index (κ2) is 6.65. The molecule has 2 heterocycles. The number of likely N-dealkylation sites (N-methyl/N-ethyl adjacent to an activating group) is 1. The third kappa shape index (κ3) is 3.52. The molecule has 1 atom stereocenters. The predicted molar refractivity (Wildman–Crippen MR) is 74.9 cm³/mol. The van der Waals surface area contributed by atoms with E-state index in [9.17, 15) is 0 Å². The number of rotatable bonds is 5. The van der Waals surface area contributed by atoms with Crippen molar-refractivity contribution in [3.63, 3.8) is 0 Å². The highest BCUT2D eigenvalue weighted by molar-refractivity contribution is 5.56. The largest absolute Gasteiger partial charge is 0.374 e. The number of nitrogens with two attached hydrogens (primary N) is 1. The van der Waals surface area contributed by atoms with E-state index >= 15 is 0 Å². The van der Waals surface area contributed by atoms with Crippen molar-refractivity contribution in [1.29, 1.82) is 0 Å². The summed E-state index contributed by atoms with van der Waals surface area (Å²) in [6.07, 6.45) is 2.51. The Labute approximate surface area is 113 Å². The lowest BCUT2D eigenvalue weighted by Gasteiger charge is -2.30. The van der Waals surface area contributed by atoms with Crippen molar-refractivity contribution in [3.8, 4) is 0 Å². The lowest BCUT2D eigenvalue weighted by atomic mass is 10.2. The maximum absolute atomic E-state index is 5.71. The minimum Gasteiger partial charge on any atom is -0.374 e. The molecule has 1 aliphatic heterocycles. The number of nitrogens with zero attached hydrogens (tertiary/aromatic N) is 3. The van der Waals surface area contributed by atoms with E-state index in [0.717, 1.165) is 44.0 Å². The van der Waals surface area contributed by atoms with Crippen LogP contribution in [0.2, 0.25) is 0 Å². The van der Waals surface area contributed by atoms with Crippen LogP contribution in [0.25, 0.3) is 0 Å². The standard InChI is InChI=1S/C12H22N6O/c1-3-10-11(15-8-16-12(10)17-13)14-6-9-7-18(2)4-5-19-9/h8-9H,3-7,13H2,1-2H3,(H2,14,15,16,17). The number of nitrogen functional groups attached to an aromatic ring is 1. The molecule has 0 radical (unpaired) electrons. The SMILES string of the molecule is CCc1c(NN)ncnc1NCC1CN(C)CCO1. The van der Waals surface area contributed by atoms with Gasteiger partial charge in [-0.2, -0.15) is 0 Å². The Hall–Kier alpha value is -1.44. The number of ether oxygens (including phenoxy) is 1. The summed E-state index contributed by atoms with van der Waals surface area (Å²) in [5.74, 6) is 6.94. The fourth-order valence-corrected chi connectivity index (χ4v) is 2.22. The van der Waals surface area contributed by atoms with Crippen LogP contribution in [-0.2, 0) is 11.2 Å². The fourth-order valence-electron chi connectivity index (χ4n) is 2.22. The summed E-state index contributed by atoms with van der Waals surface area (Å²) >= 11 is 0. The molecule has 19 heavy (non-hydrogen) atoms. The first kappa shape index (κ1) is 14.0. The molecule has 7 heteroatoms. The molecule has 0 aliphatic carbocycles. The molecule has 0 aromatic carbocycles. The Morgan fingerprint density at radius 2 is 2.26 bits per heavy atom. The van der Waals surface area contributed by atoms with E-state index in [1.165, 1.54) is 6.33 Å². The molecule has 0 spiro atoms. The van der Waals surface area contributed by atoms with Crippen LogP contribution in [0, 0.1) is 0 Å². The van der Waals surface area contributed by atoms with E-state index in [0.29, 0.717) is 5.82 Å². The minimum atomic E-state index is 0.188. The normalized spacial score (nSPS) is 20.3. The molecule has 106 valence electrons. The average molecular weight is 266 g/mol. The van der Waals surface area contributed by atoms with Gasteiger partial charge in [0, 0.05) is 25.2 Å². The molecule has 0 bridgehead atoms. The predicted octanol–water partition coefficient (Wildman–Crippen LogP) is 0.0671. The number of anilines is 2. The molecule has 4 N–H and O–H groups in total. The van der Waals surface area contributed by atoms with Crippen molar-refractivity contribution < 1.29 is 4.74 Å². The summed E-state index contributed by atoms with van der Waals surface area (Å²) in [6.45, 7) is 5.49. The molecule has 1 aliphatic rings. The molecule has 1 aromatic rings. The van der Waals surface area contributed by atoms with Gasteiger partial charge in [-0.1, -0.05) is 6.92 Å². The maximum Gasteiger partial charge on any atom is 0.148 e. The van der Waals surface area contributed by atoms with Crippen molar-refractivity contribution in [2.45, 2.75) is 19.4 Å². The summed E-state index contributed by atoms with van der Waals surface area (Å²) in [6, 6.07) is 0. The first-order valence-corrected chi connectivity index (χ1v) is 6.59. The van der Waals surface area contributed by atoms with E-state index in [2.05, 4.69) is 39.6 Å². The molecular weight excluding hydrogens is 244 g/mol. The van der Waals surface area contributed by atoms with E-state index in [1.807, 2.05) is 0 Å². The van der Waals surface area contributed by atoms with E-state index < -0.39 is 0 Å². The molecule has 1 unspecified atom stereocenters. The third-order valence-corrected chi connectivity index (χ3v) is 3.27. The summed E-state index contributed by atoms with van der Waals surface area (Å²) in [5, 5.41) is 3.33. The monoisotopic (exact) mass is 266 g/mol. The highest BCUT2D eigenvalue weighted by Crippen LogP contribution is 2.19. The topological polar surface area (TPSA) is 88.3 Å². The van der Waals surface area contributed by atoms with Crippen LogP contribution >= 0.6 is 0 Å². The Morgan fingerprint density at radius 3 is 2.95 bits per heavy atom. The van der Waals surface area contributed by atoms with Gasteiger partial charge in [0.25, 0.3) is 0 Å². The number of aromatic nitrogens is 2. The van der Waals surface area contributed by atoms with Crippen molar-refractivity contribution in [3.05, 3.63) is 11.9 Å². The van der Waals surface area contributed by atoms with Gasteiger partial charge in [-0.3, -0.25) is 0 Å². The molecule has 7 nitrogen and oxygen atoms in total. The second-order valence-electron chi connectivity index (χ2n) is 4.68. The smallest absolute Gasteiger partial charge is 0.148 e. The summed E-state index contributed by atoms with van der Waals surface area (Å²) in [4.78, 5) is 10.7.